The molecule has 0 bridgehead atoms. The lowest BCUT2D eigenvalue weighted by Gasteiger charge is -2.14. The third-order valence-corrected chi connectivity index (χ3v) is 3.60. The predicted octanol–water partition coefficient (Wildman–Crippen LogP) is 2.38. The molecule has 0 fully saturated rings. The van der Waals surface area contributed by atoms with Crippen LogP contribution in [0, 0.1) is 0 Å². The molecule has 0 saturated carbocycles. The number of nitrogens with zero attached hydrogens (tertiary/aromatic N) is 1. The Balaban J connectivity index is 1.76. The topological polar surface area (TPSA) is 74.8 Å². The highest BCUT2D eigenvalue weighted by Gasteiger charge is 2.09. The molecule has 8 heteroatoms. The Kier molecular flexibility index (Phi) is 8.02. The Morgan fingerprint density at radius 2 is 1.67 bits per heavy atom. The van der Waals surface area contributed by atoms with Crippen molar-refractivity contribution in [3.05, 3.63) is 65.7 Å². The van der Waals surface area contributed by atoms with Gasteiger partial charge in [-0.25, -0.2) is 0 Å². The maximum atomic E-state index is 12.4. The second kappa shape index (κ2) is 10.7. The first-order chi connectivity index (χ1) is 13.1. The summed E-state index contributed by atoms with van der Waals surface area (Å²) in [5.41, 5.74) is 1.17. The highest BCUT2D eigenvalue weighted by molar-refractivity contribution is 5.94. The highest BCUT2D eigenvalue weighted by atomic mass is 19.3. The van der Waals surface area contributed by atoms with E-state index in [0.29, 0.717) is 30.2 Å². The van der Waals surface area contributed by atoms with Crippen LogP contribution in [0.3, 0.4) is 0 Å². The van der Waals surface area contributed by atoms with Crippen molar-refractivity contribution in [2.75, 3.05) is 20.1 Å². The molecular formula is C19H22F2N4O2. The number of para-hydroxylation sites is 1. The molecule has 144 valence electrons. The van der Waals surface area contributed by atoms with Crippen LogP contribution in [0.4, 0.5) is 8.78 Å². The summed E-state index contributed by atoms with van der Waals surface area (Å²) in [6.45, 7) is -1.76. The molecular weight excluding hydrogens is 354 g/mol. The molecule has 0 aliphatic carbocycles. The van der Waals surface area contributed by atoms with Crippen molar-refractivity contribution in [1.82, 2.24) is 16.0 Å². The molecule has 2 aromatic rings. The number of halogens is 2. The molecule has 0 atom stereocenters. The summed E-state index contributed by atoms with van der Waals surface area (Å²) in [6, 6.07) is 15.5. The van der Waals surface area contributed by atoms with Gasteiger partial charge in [0.2, 0.25) is 0 Å². The van der Waals surface area contributed by atoms with E-state index >= 15 is 0 Å². The first kappa shape index (κ1) is 20.2. The number of hydrogen-bond donors (Lipinski definition) is 3. The van der Waals surface area contributed by atoms with Crippen LogP contribution in [0.1, 0.15) is 15.9 Å². The summed E-state index contributed by atoms with van der Waals surface area (Å²) in [5.74, 6) is 0.444. The van der Waals surface area contributed by atoms with Gasteiger partial charge in [-0.2, -0.15) is 8.78 Å². The van der Waals surface area contributed by atoms with Gasteiger partial charge in [0.15, 0.2) is 5.96 Å². The lowest BCUT2D eigenvalue weighted by Crippen LogP contribution is -2.41. The average Bonchev–Trinajstić information content (AvgIpc) is 2.68. The normalized spacial score (nSPS) is 11.2. The van der Waals surface area contributed by atoms with E-state index in [1.165, 1.54) is 6.07 Å². The van der Waals surface area contributed by atoms with Crippen molar-refractivity contribution in [1.29, 1.82) is 0 Å². The first-order valence-electron chi connectivity index (χ1n) is 8.40. The summed E-state index contributed by atoms with van der Waals surface area (Å²) in [6.07, 6.45) is 0. The summed E-state index contributed by atoms with van der Waals surface area (Å²) in [7, 11) is 1.60. The highest BCUT2D eigenvalue weighted by Crippen LogP contribution is 2.19. The second-order valence-electron chi connectivity index (χ2n) is 5.46. The fourth-order valence-electron chi connectivity index (χ4n) is 2.31. The summed E-state index contributed by atoms with van der Waals surface area (Å²) in [5, 5.41) is 8.86. The van der Waals surface area contributed by atoms with Crippen LogP contribution in [-0.4, -0.2) is 38.6 Å². The molecule has 27 heavy (non-hydrogen) atoms. The quantitative estimate of drug-likeness (QED) is 0.376. The first-order valence-corrected chi connectivity index (χ1v) is 8.40. The van der Waals surface area contributed by atoms with E-state index in [2.05, 4.69) is 25.7 Å². The van der Waals surface area contributed by atoms with E-state index in [-0.39, 0.29) is 18.2 Å². The van der Waals surface area contributed by atoms with Gasteiger partial charge >= 0.3 is 6.61 Å². The number of aliphatic imine (C=N–C) groups is 1. The van der Waals surface area contributed by atoms with Gasteiger partial charge in [-0.15, -0.1) is 0 Å². The zero-order valence-electron chi connectivity index (χ0n) is 14.9. The lowest BCUT2D eigenvalue weighted by molar-refractivity contribution is -0.0504. The standard InChI is InChI=1S/C19H22F2N4O2/c1-22-19(24-12-11-23-17(26)14-7-3-2-4-8-14)25-13-15-9-5-6-10-16(15)27-18(20)21/h2-10,18H,11-13H2,1H3,(H,23,26)(H2,22,24,25). The Labute approximate surface area is 156 Å². The largest absolute Gasteiger partial charge is 0.434 e. The van der Waals surface area contributed by atoms with Gasteiger partial charge in [-0.1, -0.05) is 36.4 Å². The monoisotopic (exact) mass is 376 g/mol. The fraction of sp³-hybridized carbons (Fsp3) is 0.263. The summed E-state index contributed by atoms with van der Waals surface area (Å²) in [4.78, 5) is 16.0. The summed E-state index contributed by atoms with van der Waals surface area (Å²) >= 11 is 0. The second-order valence-corrected chi connectivity index (χ2v) is 5.46. The van der Waals surface area contributed by atoms with Gasteiger partial charge in [-0.05, 0) is 18.2 Å². The summed E-state index contributed by atoms with van der Waals surface area (Å²) < 4.78 is 29.4. The number of carbonyl (C=O) groups is 1. The Morgan fingerprint density at radius 1 is 1.00 bits per heavy atom. The van der Waals surface area contributed by atoms with Gasteiger partial charge in [0.1, 0.15) is 5.75 Å². The van der Waals surface area contributed by atoms with E-state index in [4.69, 9.17) is 0 Å². The number of hydrogen-bond acceptors (Lipinski definition) is 3. The minimum atomic E-state index is -2.88. The van der Waals surface area contributed by atoms with Crippen molar-refractivity contribution in [3.63, 3.8) is 0 Å². The van der Waals surface area contributed by atoms with E-state index in [0.717, 1.165) is 0 Å². The molecule has 3 N–H and O–H groups in total. The number of nitrogens with one attached hydrogen (secondary N) is 3. The predicted molar refractivity (Wildman–Crippen MR) is 100 cm³/mol. The lowest BCUT2D eigenvalue weighted by atomic mass is 10.2. The Morgan fingerprint density at radius 3 is 2.37 bits per heavy atom. The third kappa shape index (κ3) is 6.93. The number of amides is 1. The number of rotatable bonds is 8. The molecule has 1 amide bonds. The van der Waals surface area contributed by atoms with E-state index in [1.807, 2.05) is 6.07 Å². The van der Waals surface area contributed by atoms with Crippen molar-refractivity contribution >= 4 is 11.9 Å². The van der Waals surface area contributed by atoms with Crippen LogP contribution in [0.25, 0.3) is 0 Å². The molecule has 0 aliphatic rings. The molecule has 0 unspecified atom stereocenters. The number of carbonyl (C=O) groups excluding carboxylic acids is 1. The zero-order valence-corrected chi connectivity index (χ0v) is 14.9. The molecule has 0 heterocycles. The van der Waals surface area contributed by atoms with Crippen LogP contribution < -0.4 is 20.7 Å². The maximum absolute atomic E-state index is 12.4. The van der Waals surface area contributed by atoms with Gasteiger partial charge in [0.05, 0.1) is 0 Å². The molecule has 0 aliphatic heterocycles. The molecule has 6 nitrogen and oxygen atoms in total. The number of ether oxygens (including phenoxy) is 1. The van der Waals surface area contributed by atoms with Crippen LogP contribution in [0.5, 0.6) is 5.75 Å². The molecule has 0 spiro atoms. The van der Waals surface area contributed by atoms with Crippen LogP contribution >= 0.6 is 0 Å². The van der Waals surface area contributed by atoms with Gasteiger partial charge in [-0.3, -0.25) is 9.79 Å². The number of benzene rings is 2. The Hall–Kier alpha value is -3.16. The molecule has 0 radical (unpaired) electrons. The van der Waals surface area contributed by atoms with Crippen LogP contribution in [0.15, 0.2) is 59.6 Å². The number of guanidine groups is 1. The van der Waals surface area contributed by atoms with Crippen molar-refractivity contribution in [3.8, 4) is 5.75 Å². The molecule has 2 aromatic carbocycles. The minimum Gasteiger partial charge on any atom is -0.434 e. The minimum absolute atomic E-state index is 0.116. The van der Waals surface area contributed by atoms with Crippen LogP contribution in [-0.2, 0) is 6.54 Å². The van der Waals surface area contributed by atoms with Gasteiger partial charge in [0, 0.05) is 37.8 Å². The SMILES string of the molecule is CN=C(NCCNC(=O)c1ccccc1)NCc1ccccc1OC(F)F. The van der Waals surface area contributed by atoms with E-state index < -0.39 is 6.61 Å². The van der Waals surface area contributed by atoms with Crippen molar-refractivity contribution in [2.24, 2.45) is 4.99 Å². The molecule has 0 saturated heterocycles. The maximum Gasteiger partial charge on any atom is 0.387 e. The smallest absolute Gasteiger partial charge is 0.387 e. The average molecular weight is 376 g/mol. The Bertz CT molecular complexity index is 754. The van der Waals surface area contributed by atoms with Gasteiger partial charge < -0.3 is 20.7 Å². The van der Waals surface area contributed by atoms with Crippen molar-refractivity contribution in [2.45, 2.75) is 13.2 Å². The molecule has 0 aromatic heterocycles. The zero-order chi connectivity index (χ0) is 19.5. The molecule has 2 rings (SSSR count). The van der Waals surface area contributed by atoms with Crippen molar-refractivity contribution < 1.29 is 18.3 Å². The number of alkyl halides is 2. The fourth-order valence-corrected chi connectivity index (χ4v) is 2.31. The van der Waals surface area contributed by atoms with E-state index in [1.54, 1.807) is 49.5 Å². The van der Waals surface area contributed by atoms with E-state index in [9.17, 15) is 13.6 Å². The third-order valence-electron chi connectivity index (χ3n) is 3.60. The van der Waals surface area contributed by atoms with Crippen LogP contribution in [0.2, 0.25) is 0 Å². The van der Waals surface area contributed by atoms with Gasteiger partial charge in [0.25, 0.3) is 5.91 Å².